The largest absolute Gasteiger partial charge is 0.298 e. The number of hydrogen-bond donors (Lipinski definition) is 2. The zero-order chi connectivity index (χ0) is 19.8. The van der Waals surface area contributed by atoms with Crippen LogP contribution < -0.4 is 9.44 Å². The SMILES string of the molecule is CC(NS(=O)(=O)NC(C)(C)C)c1cnn(C2CCN(C(C)(C)C)CC2)c1. The molecule has 1 unspecified atom stereocenters. The van der Waals surface area contributed by atoms with Crippen LogP contribution in [0.4, 0.5) is 0 Å². The number of rotatable bonds is 5. The summed E-state index contributed by atoms with van der Waals surface area (Å²) in [5.41, 5.74) is 0.562. The third kappa shape index (κ3) is 6.04. The highest BCUT2D eigenvalue weighted by Gasteiger charge is 2.28. The quantitative estimate of drug-likeness (QED) is 0.816. The second-order valence-electron chi connectivity index (χ2n) is 9.34. The maximum absolute atomic E-state index is 12.2. The van der Waals surface area contributed by atoms with E-state index in [2.05, 4.69) is 40.2 Å². The van der Waals surface area contributed by atoms with Crippen molar-refractivity contribution in [2.75, 3.05) is 13.1 Å². The Hall–Kier alpha value is -0.960. The van der Waals surface area contributed by atoms with Gasteiger partial charge in [-0.25, -0.2) is 0 Å². The van der Waals surface area contributed by atoms with E-state index in [0.717, 1.165) is 31.5 Å². The Morgan fingerprint density at radius 3 is 2.23 bits per heavy atom. The van der Waals surface area contributed by atoms with Gasteiger partial charge in [0.25, 0.3) is 10.2 Å². The summed E-state index contributed by atoms with van der Waals surface area (Å²) in [6.45, 7) is 16.2. The van der Waals surface area contributed by atoms with E-state index in [9.17, 15) is 8.42 Å². The number of nitrogens with zero attached hydrogens (tertiary/aromatic N) is 3. The third-order valence-corrected chi connectivity index (χ3v) is 6.23. The molecule has 150 valence electrons. The summed E-state index contributed by atoms with van der Waals surface area (Å²) < 4.78 is 31.7. The van der Waals surface area contributed by atoms with E-state index in [0.29, 0.717) is 6.04 Å². The van der Waals surface area contributed by atoms with E-state index in [1.165, 1.54) is 0 Å². The lowest BCUT2D eigenvalue weighted by atomic mass is 9.98. The molecule has 1 atom stereocenters. The van der Waals surface area contributed by atoms with Crippen LogP contribution in [-0.4, -0.2) is 47.3 Å². The lowest BCUT2D eigenvalue weighted by Crippen LogP contribution is -2.47. The minimum Gasteiger partial charge on any atom is -0.298 e. The Balaban J connectivity index is 1.97. The van der Waals surface area contributed by atoms with E-state index in [1.54, 1.807) is 6.20 Å². The van der Waals surface area contributed by atoms with Gasteiger partial charge in [-0.3, -0.25) is 9.58 Å². The van der Waals surface area contributed by atoms with Crippen LogP contribution in [0.15, 0.2) is 12.4 Å². The maximum atomic E-state index is 12.2. The predicted molar refractivity (Wildman–Crippen MR) is 105 cm³/mol. The minimum absolute atomic E-state index is 0.201. The summed E-state index contributed by atoms with van der Waals surface area (Å²) in [6.07, 6.45) is 5.86. The molecule has 1 aromatic heterocycles. The highest BCUT2D eigenvalue weighted by Crippen LogP contribution is 2.27. The van der Waals surface area contributed by atoms with E-state index in [-0.39, 0.29) is 11.6 Å². The van der Waals surface area contributed by atoms with Crippen LogP contribution in [0, 0.1) is 0 Å². The van der Waals surface area contributed by atoms with Crippen LogP contribution >= 0.6 is 0 Å². The second kappa shape index (κ2) is 7.58. The van der Waals surface area contributed by atoms with Gasteiger partial charge in [-0.2, -0.15) is 23.0 Å². The average Bonchev–Trinajstić information content (AvgIpc) is 2.93. The van der Waals surface area contributed by atoms with Crippen LogP contribution in [0.2, 0.25) is 0 Å². The van der Waals surface area contributed by atoms with Crippen molar-refractivity contribution in [2.45, 2.75) is 84.5 Å². The average molecular weight is 386 g/mol. The molecule has 1 aliphatic heterocycles. The van der Waals surface area contributed by atoms with Crippen LogP contribution in [-0.2, 0) is 10.2 Å². The smallest absolute Gasteiger partial charge is 0.277 e. The number of piperidine rings is 1. The second-order valence-corrected chi connectivity index (χ2v) is 10.8. The molecule has 1 aromatic rings. The zero-order valence-corrected chi connectivity index (χ0v) is 18.0. The van der Waals surface area contributed by atoms with Crippen LogP contribution in [0.1, 0.15) is 79.0 Å². The molecule has 1 aliphatic rings. The van der Waals surface area contributed by atoms with Gasteiger partial charge in [0.05, 0.1) is 12.2 Å². The Kier molecular flexibility index (Phi) is 6.22. The first-order valence-electron chi connectivity index (χ1n) is 9.37. The summed E-state index contributed by atoms with van der Waals surface area (Å²) in [7, 11) is -3.57. The molecule has 2 rings (SSSR count). The van der Waals surface area contributed by atoms with Crippen molar-refractivity contribution in [1.29, 1.82) is 0 Å². The Morgan fingerprint density at radius 1 is 1.15 bits per heavy atom. The van der Waals surface area contributed by atoms with Gasteiger partial charge in [0, 0.05) is 42.0 Å². The fourth-order valence-electron chi connectivity index (χ4n) is 3.31. The van der Waals surface area contributed by atoms with E-state index in [1.807, 2.05) is 38.6 Å². The molecule has 0 radical (unpaired) electrons. The van der Waals surface area contributed by atoms with Gasteiger partial charge < -0.3 is 0 Å². The third-order valence-electron chi connectivity index (χ3n) is 4.68. The topological polar surface area (TPSA) is 79.3 Å². The normalized spacial score (nSPS) is 19.7. The summed E-state index contributed by atoms with van der Waals surface area (Å²) >= 11 is 0. The lowest BCUT2D eigenvalue weighted by molar-refractivity contribution is 0.0870. The zero-order valence-electron chi connectivity index (χ0n) is 17.2. The number of hydrogen-bond acceptors (Lipinski definition) is 4. The monoisotopic (exact) mass is 385 g/mol. The standard InChI is InChI=1S/C18H35N5O2S/c1-14(20-26(24,25)21-17(2,3)4)15-12-19-23(13-15)16-8-10-22(11-9-16)18(5,6)7/h12-14,16,20-21H,8-11H2,1-7H3. The number of likely N-dealkylation sites (tertiary alicyclic amines) is 1. The molecule has 0 amide bonds. The fraction of sp³-hybridized carbons (Fsp3) is 0.833. The first-order valence-corrected chi connectivity index (χ1v) is 10.9. The summed E-state index contributed by atoms with van der Waals surface area (Å²) in [6, 6.07) is 0.0390. The van der Waals surface area contributed by atoms with Gasteiger partial charge in [0.2, 0.25) is 0 Å². The van der Waals surface area contributed by atoms with Gasteiger partial charge in [-0.15, -0.1) is 0 Å². The van der Waals surface area contributed by atoms with Crippen molar-refractivity contribution in [2.24, 2.45) is 0 Å². The van der Waals surface area contributed by atoms with E-state index in [4.69, 9.17) is 0 Å². The van der Waals surface area contributed by atoms with Crippen molar-refractivity contribution in [3.05, 3.63) is 18.0 Å². The van der Waals surface area contributed by atoms with Crippen molar-refractivity contribution in [3.63, 3.8) is 0 Å². The molecule has 1 fully saturated rings. The summed E-state index contributed by atoms with van der Waals surface area (Å²) in [4.78, 5) is 2.50. The van der Waals surface area contributed by atoms with E-state index < -0.39 is 15.7 Å². The molecular weight excluding hydrogens is 350 g/mol. The van der Waals surface area contributed by atoms with Crippen molar-refractivity contribution >= 4 is 10.2 Å². The van der Waals surface area contributed by atoms with Gasteiger partial charge in [-0.1, -0.05) is 0 Å². The molecule has 7 nitrogen and oxygen atoms in total. The van der Waals surface area contributed by atoms with Crippen molar-refractivity contribution in [1.82, 2.24) is 24.1 Å². The van der Waals surface area contributed by atoms with Crippen LogP contribution in [0.25, 0.3) is 0 Å². The van der Waals surface area contributed by atoms with Crippen molar-refractivity contribution in [3.8, 4) is 0 Å². The molecular formula is C18H35N5O2S. The summed E-state index contributed by atoms with van der Waals surface area (Å²) in [5, 5.41) is 4.50. The predicted octanol–water partition coefficient (Wildman–Crippen LogP) is 2.60. The first kappa shape index (κ1) is 21.3. The maximum Gasteiger partial charge on any atom is 0.277 e. The fourth-order valence-corrected chi connectivity index (χ4v) is 4.78. The molecule has 0 spiro atoms. The van der Waals surface area contributed by atoms with Gasteiger partial charge >= 0.3 is 0 Å². The number of aromatic nitrogens is 2. The Labute approximate surface area is 158 Å². The lowest BCUT2D eigenvalue weighted by Gasteiger charge is -2.40. The molecule has 2 heterocycles. The highest BCUT2D eigenvalue weighted by molar-refractivity contribution is 7.87. The summed E-state index contributed by atoms with van der Waals surface area (Å²) in [5.74, 6) is 0. The molecule has 8 heteroatoms. The molecule has 1 saturated heterocycles. The highest BCUT2D eigenvalue weighted by atomic mass is 32.2. The molecule has 0 saturated carbocycles. The minimum atomic E-state index is -3.57. The Bertz CT molecular complexity index is 692. The van der Waals surface area contributed by atoms with Gasteiger partial charge in [0.15, 0.2) is 0 Å². The molecule has 0 bridgehead atoms. The molecule has 0 aromatic carbocycles. The van der Waals surface area contributed by atoms with Crippen LogP contribution in [0.3, 0.4) is 0 Å². The van der Waals surface area contributed by atoms with Gasteiger partial charge in [0.1, 0.15) is 0 Å². The number of nitrogens with one attached hydrogen (secondary N) is 2. The molecule has 2 N–H and O–H groups in total. The van der Waals surface area contributed by atoms with E-state index >= 15 is 0 Å². The van der Waals surface area contributed by atoms with Crippen molar-refractivity contribution < 1.29 is 8.42 Å². The van der Waals surface area contributed by atoms with Crippen LogP contribution in [0.5, 0.6) is 0 Å². The van der Waals surface area contributed by atoms with Gasteiger partial charge in [-0.05, 0) is 61.3 Å². The molecule has 26 heavy (non-hydrogen) atoms. The molecule has 0 aliphatic carbocycles. The first-order chi connectivity index (χ1) is 11.8. The Morgan fingerprint density at radius 2 is 1.73 bits per heavy atom.